The molecule has 1 fully saturated rings. The molecule has 2 aromatic heterocycles. The van der Waals surface area contributed by atoms with Crippen molar-refractivity contribution in [2.24, 2.45) is 0 Å². The molecule has 1 aliphatic rings. The number of aryl methyl sites for hydroxylation is 1. The highest BCUT2D eigenvalue weighted by atomic mass is 16.2. The van der Waals surface area contributed by atoms with E-state index in [0.29, 0.717) is 6.54 Å². The Morgan fingerprint density at radius 3 is 2.89 bits per heavy atom. The fraction of sp³-hybridized carbons (Fsp3) is 0.500. The van der Waals surface area contributed by atoms with Crippen molar-refractivity contribution in [3.05, 3.63) is 24.3 Å². The number of carbonyl (C=O) groups is 1. The van der Waals surface area contributed by atoms with Crippen LogP contribution in [0.4, 0.5) is 0 Å². The summed E-state index contributed by atoms with van der Waals surface area (Å²) in [5.74, 6) is 0.923. The summed E-state index contributed by atoms with van der Waals surface area (Å²) >= 11 is 0. The van der Waals surface area contributed by atoms with Gasteiger partial charge in [0, 0.05) is 30.9 Å². The third kappa shape index (κ3) is 2.45. The van der Waals surface area contributed by atoms with Crippen molar-refractivity contribution in [3.63, 3.8) is 0 Å². The van der Waals surface area contributed by atoms with Gasteiger partial charge in [0.1, 0.15) is 18.0 Å². The van der Waals surface area contributed by atoms with Crippen molar-refractivity contribution in [1.82, 2.24) is 19.4 Å². The number of rotatable bonds is 2. The highest BCUT2D eigenvalue weighted by molar-refractivity contribution is 5.80. The number of piperidine rings is 1. The second-order valence-corrected chi connectivity index (χ2v) is 5.08. The lowest BCUT2D eigenvalue weighted by atomic mass is 10.1. The summed E-state index contributed by atoms with van der Waals surface area (Å²) in [7, 11) is 0. The molecule has 19 heavy (non-hydrogen) atoms. The van der Waals surface area contributed by atoms with Crippen LogP contribution in [0.1, 0.15) is 25.1 Å². The summed E-state index contributed by atoms with van der Waals surface area (Å²) in [4.78, 5) is 22.8. The minimum atomic E-state index is 0.188. The van der Waals surface area contributed by atoms with Gasteiger partial charge in [-0.15, -0.1) is 0 Å². The molecule has 2 aromatic rings. The lowest BCUT2D eigenvalue weighted by Gasteiger charge is -2.26. The largest absolute Gasteiger partial charge is 0.341 e. The molecule has 100 valence electrons. The van der Waals surface area contributed by atoms with E-state index >= 15 is 0 Å². The first-order valence-corrected chi connectivity index (χ1v) is 6.80. The predicted molar refractivity (Wildman–Crippen MR) is 72.7 cm³/mol. The van der Waals surface area contributed by atoms with Crippen molar-refractivity contribution in [2.75, 3.05) is 13.1 Å². The Hall–Kier alpha value is -1.91. The van der Waals surface area contributed by atoms with Gasteiger partial charge in [-0.05, 0) is 32.3 Å². The molecule has 3 heterocycles. The fourth-order valence-electron chi connectivity index (χ4n) is 2.57. The lowest BCUT2D eigenvalue weighted by Crippen LogP contribution is -2.37. The van der Waals surface area contributed by atoms with Crippen molar-refractivity contribution in [1.29, 1.82) is 0 Å². The van der Waals surface area contributed by atoms with Crippen LogP contribution in [0.5, 0.6) is 0 Å². The fourth-order valence-corrected chi connectivity index (χ4v) is 2.57. The van der Waals surface area contributed by atoms with Crippen LogP contribution < -0.4 is 0 Å². The maximum absolute atomic E-state index is 12.3. The van der Waals surface area contributed by atoms with Crippen LogP contribution in [0, 0.1) is 6.92 Å². The average Bonchev–Trinajstić information content (AvgIpc) is 2.82. The normalized spacial score (nSPS) is 15.9. The minimum absolute atomic E-state index is 0.188. The predicted octanol–water partition coefficient (Wildman–Crippen LogP) is 1.75. The van der Waals surface area contributed by atoms with E-state index in [1.807, 2.05) is 28.7 Å². The van der Waals surface area contributed by atoms with Crippen LogP contribution >= 0.6 is 0 Å². The summed E-state index contributed by atoms with van der Waals surface area (Å²) in [6.07, 6.45) is 7.21. The molecule has 3 rings (SSSR count). The Morgan fingerprint density at radius 2 is 2.11 bits per heavy atom. The summed E-state index contributed by atoms with van der Waals surface area (Å²) in [5.41, 5.74) is 0.845. The summed E-state index contributed by atoms with van der Waals surface area (Å²) in [6.45, 7) is 4.03. The molecule has 1 saturated heterocycles. The quantitative estimate of drug-likeness (QED) is 0.824. The molecule has 0 aromatic carbocycles. The van der Waals surface area contributed by atoms with Crippen LogP contribution in [0.3, 0.4) is 0 Å². The highest BCUT2D eigenvalue weighted by Gasteiger charge is 2.17. The number of likely N-dealkylation sites (tertiary alicyclic amines) is 1. The molecular formula is C14H18N4O. The van der Waals surface area contributed by atoms with E-state index in [1.165, 1.54) is 6.42 Å². The van der Waals surface area contributed by atoms with Crippen LogP contribution in [0.25, 0.3) is 11.0 Å². The first kappa shape index (κ1) is 12.1. The van der Waals surface area contributed by atoms with Gasteiger partial charge < -0.3 is 9.47 Å². The smallest absolute Gasteiger partial charge is 0.242 e. The number of amides is 1. The van der Waals surface area contributed by atoms with Gasteiger partial charge in [-0.1, -0.05) is 0 Å². The second-order valence-electron chi connectivity index (χ2n) is 5.08. The van der Waals surface area contributed by atoms with E-state index in [2.05, 4.69) is 9.97 Å². The van der Waals surface area contributed by atoms with Gasteiger partial charge in [-0.3, -0.25) is 4.79 Å². The third-order valence-corrected chi connectivity index (χ3v) is 3.64. The number of hydrogen-bond donors (Lipinski definition) is 0. The third-order valence-electron chi connectivity index (χ3n) is 3.64. The van der Waals surface area contributed by atoms with Gasteiger partial charge in [0.25, 0.3) is 0 Å². The SMILES string of the molecule is Cc1ncc2ccn(CC(=O)N3CCCCC3)c2n1. The monoisotopic (exact) mass is 258 g/mol. The van der Waals surface area contributed by atoms with Crippen LogP contribution in [0.2, 0.25) is 0 Å². The van der Waals surface area contributed by atoms with Crippen molar-refractivity contribution < 1.29 is 4.79 Å². The van der Waals surface area contributed by atoms with Crippen molar-refractivity contribution >= 4 is 16.9 Å². The molecule has 0 atom stereocenters. The van der Waals surface area contributed by atoms with Gasteiger partial charge in [0.15, 0.2) is 0 Å². The molecule has 0 radical (unpaired) electrons. The maximum atomic E-state index is 12.3. The molecule has 0 N–H and O–H groups in total. The van der Waals surface area contributed by atoms with E-state index in [0.717, 1.165) is 42.8 Å². The molecule has 0 spiro atoms. The molecule has 5 nitrogen and oxygen atoms in total. The molecule has 0 saturated carbocycles. The van der Waals surface area contributed by atoms with Crippen LogP contribution in [-0.2, 0) is 11.3 Å². The topological polar surface area (TPSA) is 51.0 Å². The average molecular weight is 258 g/mol. The van der Waals surface area contributed by atoms with E-state index in [9.17, 15) is 4.79 Å². The molecule has 0 aliphatic carbocycles. The van der Waals surface area contributed by atoms with Crippen molar-refractivity contribution in [3.8, 4) is 0 Å². The van der Waals surface area contributed by atoms with Crippen LogP contribution in [0.15, 0.2) is 18.5 Å². The van der Waals surface area contributed by atoms with Gasteiger partial charge >= 0.3 is 0 Å². The number of fused-ring (bicyclic) bond motifs is 1. The Labute approximate surface area is 112 Å². The number of aromatic nitrogens is 3. The maximum Gasteiger partial charge on any atom is 0.242 e. The Balaban J connectivity index is 1.80. The minimum Gasteiger partial charge on any atom is -0.341 e. The molecule has 0 bridgehead atoms. The molecule has 1 aliphatic heterocycles. The molecular weight excluding hydrogens is 240 g/mol. The standard InChI is InChI=1S/C14H18N4O/c1-11-15-9-12-5-8-18(14(12)16-11)10-13(19)17-6-3-2-4-7-17/h5,8-9H,2-4,6-7,10H2,1H3. The highest BCUT2D eigenvalue weighted by Crippen LogP contribution is 2.14. The van der Waals surface area contributed by atoms with E-state index in [-0.39, 0.29) is 5.91 Å². The molecule has 1 amide bonds. The first-order valence-electron chi connectivity index (χ1n) is 6.80. The zero-order chi connectivity index (χ0) is 13.2. The zero-order valence-electron chi connectivity index (χ0n) is 11.2. The van der Waals surface area contributed by atoms with E-state index in [1.54, 1.807) is 6.20 Å². The van der Waals surface area contributed by atoms with Crippen LogP contribution in [-0.4, -0.2) is 38.4 Å². The Kier molecular flexibility index (Phi) is 3.19. The molecule has 5 heteroatoms. The number of carbonyl (C=O) groups excluding carboxylic acids is 1. The first-order chi connectivity index (χ1) is 9.24. The summed E-state index contributed by atoms with van der Waals surface area (Å²) < 4.78 is 1.92. The lowest BCUT2D eigenvalue weighted by molar-refractivity contribution is -0.132. The summed E-state index contributed by atoms with van der Waals surface area (Å²) in [5, 5.41) is 0.983. The Morgan fingerprint density at radius 1 is 1.32 bits per heavy atom. The zero-order valence-corrected chi connectivity index (χ0v) is 11.2. The van der Waals surface area contributed by atoms with E-state index < -0.39 is 0 Å². The second kappa shape index (κ2) is 4.99. The molecule has 0 unspecified atom stereocenters. The van der Waals surface area contributed by atoms with Gasteiger partial charge in [-0.25, -0.2) is 9.97 Å². The van der Waals surface area contributed by atoms with Gasteiger partial charge in [0.2, 0.25) is 5.91 Å². The number of nitrogens with zero attached hydrogens (tertiary/aromatic N) is 4. The summed E-state index contributed by atoms with van der Waals surface area (Å²) in [6, 6.07) is 1.96. The number of hydrogen-bond acceptors (Lipinski definition) is 3. The van der Waals surface area contributed by atoms with E-state index in [4.69, 9.17) is 0 Å². The van der Waals surface area contributed by atoms with Crippen molar-refractivity contribution in [2.45, 2.75) is 32.7 Å². The van der Waals surface area contributed by atoms with Gasteiger partial charge in [0.05, 0.1) is 0 Å². The van der Waals surface area contributed by atoms with Gasteiger partial charge in [-0.2, -0.15) is 0 Å². The Bertz CT molecular complexity index is 599.